The van der Waals surface area contributed by atoms with Gasteiger partial charge in [-0.25, -0.2) is 4.98 Å². The lowest BCUT2D eigenvalue weighted by atomic mass is 9.99. The second kappa shape index (κ2) is 8.41. The average molecular weight is 435 g/mol. The van der Waals surface area contributed by atoms with E-state index >= 15 is 0 Å². The van der Waals surface area contributed by atoms with E-state index in [9.17, 15) is 14.9 Å². The molecule has 2 aromatic heterocycles. The van der Waals surface area contributed by atoms with E-state index in [1.807, 2.05) is 36.4 Å². The van der Waals surface area contributed by atoms with E-state index in [1.165, 1.54) is 6.08 Å². The number of nitro groups is 1. The Hall–Kier alpha value is -3.98. The maximum absolute atomic E-state index is 12.4. The number of methoxy groups -OCH3 is 1. The topological polar surface area (TPSA) is 108 Å². The molecule has 0 aliphatic heterocycles. The second-order valence-electron chi connectivity index (χ2n) is 6.64. The maximum atomic E-state index is 12.4. The molecule has 0 saturated carbocycles. The van der Waals surface area contributed by atoms with Crippen molar-refractivity contribution in [1.82, 2.24) is 4.98 Å². The Balaban J connectivity index is 1.67. The van der Waals surface area contributed by atoms with Gasteiger partial charge in [0, 0.05) is 28.7 Å². The Morgan fingerprint density at radius 2 is 2.06 bits per heavy atom. The number of ether oxygens (including phenoxy) is 1. The number of rotatable bonds is 6. The van der Waals surface area contributed by atoms with Crippen LogP contribution in [0.1, 0.15) is 12.5 Å². The summed E-state index contributed by atoms with van der Waals surface area (Å²) in [6.45, 7) is 1.79. The molecule has 8 nitrogen and oxygen atoms in total. The molecule has 0 saturated heterocycles. The van der Waals surface area contributed by atoms with Gasteiger partial charge in [-0.2, -0.15) is 0 Å². The second-order valence-corrected chi connectivity index (χ2v) is 7.65. The Morgan fingerprint density at radius 1 is 1.29 bits per heavy atom. The summed E-state index contributed by atoms with van der Waals surface area (Å²) in [5, 5.41) is 14.2. The fourth-order valence-electron chi connectivity index (χ4n) is 3.20. The van der Waals surface area contributed by atoms with Gasteiger partial charge in [0.15, 0.2) is 5.13 Å². The summed E-state index contributed by atoms with van der Waals surface area (Å²) >= 11 is 0.794. The van der Waals surface area contributed by atoms with Crippen molar-refractivity contribution in [2.45, 2.75) is 6.92 Å². The number of hydrogen-bond donors (Lipinski definition) is 1. The Kier molecular flexibility index (Phi) is 5.50. The largest absolute Gasteiger partial charge is 0.496 e. The minimum absolute atomic E-state index is 0.142. The highest BCUT2D eigenvalue weighted by Crippen LogP contribution is 2.37. The van der Waals surface area contributed by atoms with Crippen molar-refractivity contribution < 1.29 is 18.9 Å². The fourth-order valence-corrected chi connectivity index (χ4v) is 3.83. The average Bonchev–Trinajstić information content (AvgIpc) is 3.40. The summed E-state index contributed by atoms with van der Waals surface area (Å²) in [6.07, 6.45) is 4.21. The van der Waals surface area contributed by atoms with Crippen LogP contribution in [0.4, 0.5) is 10.1 Å². The third kappa shape index (κ3) is 4.17. The Morgan fingerprint density at radius 3 is 2.74 bits per heavy atom. The molecule has 4 aromatic rings. The fraction of sp³-hybridized carbons (Fsp3) is 0.0909. The molecule has 0 unspecified atom stereocenters. The van der Waals surface area contributed by atoms with E-state index in [0.29, 0.717) is 16.9 Å². The van der Waals surface area contributed by atoms with Crippen LogP contribution in [0.2, 0.25) is 0 Å². The van der Waals surface area contributed by atoms with E-state index in [2.05, 4.69) is 10.3 Å². The lowest BCUT2D eigenvalue weighted by Gasteiger charge is -2.10. The van der Waals surface area contributed by atoms with Gasteiger partial charge in [-0.3, -0.25) is 20.2 Å². The number of allylic oxidation sites excluding steroid dienone is 1. The molecule has 1 N–H and O–H groups in total. The number of aromatic nitrogens is 1. The first-order valence-electron chi connectivity index (χ1n) is 9.21. The van der Waals surface area contributed by atoms with Gasteiger partial charge in [-0.15, -0.1) is 0 Å². The molecule has 0 atom stereocenters. The molecular weight excluding hydrogens is 418 g/mol. The molecule has 4 rings (SSSR count). The number of fused-ring (bicyclic) bond motifs is 1. The van der Waals surface area contributed by atoms with Crippen LogP contribution in [-0.4, -0.2) is 22.9 Å². The Bertz CT molecular complexity index is 1310. The first-order valence-corrected chi connectivity index (χ1v) is 10.0. The van der Waals surface area contributed by atoms with Crippen LogP contribution in [0, 0.1) is 10.1 Å². The molecule has 2 heterocycles. The number of hydrogen-bond acceptors (Lipinski definition) is 7. The van der Waals surface area contributed by atoms with Crippen LogP contribution < -0.4 is 10.1 Å². The number of furan rings is 1. The van der Waals surface area contributed by atoms with Gasteiger partial charge in [0.25, 0.3) is 0 Å². The van der Waals surface area contributed by atoms with E-state index in [1.54, 1.807) is 26.4 Å². The molecule has 156 valence electrons. The third-order valence-corrected chi connectivity index (χ3v) is 5.52. The van der Waals surface area contributed by atoms with Gasteiger partial charge >= 0.3 is 5.00 Å². The highest BCUT2D eigenvalue weighted by atomic mass is 32.1. The molecule has 2 aromatic carbocycles. The molecular formula is C22H17N3O5S. The van der Waals surface area contributed by atoms with E-state index in [-0.39, 0.29) is 10.1 Å². The molecule has 0 aliphatic carbocycles. The molecule has 0 spiro atoms. The summed E-state index contributed by atoms with van der Waals surface area (Å²) in [5.74, 6) is 0.118. The van der Waals surface area contributed by atoms with Crippen molar-refractivity contribution in [3.63, 3.8) is 0 Å². The minimum atomic E-state index is -0.552. The van der Waals surface area contributed by atoms with Crippen molar-refractivity contribution in [3.05, 3.63) is 76.7 Å². The number of carbonyl (C=O) groups is 1. The van der Waals surface area contributed by atoms with Crippen LogP contribution in [0.5, 0.6) is 5.75 Å². The van der Waals surface area contributed by atoms with Crippen LogP contribution in [0.25, 0.3) is 27.7 Å². The van der Waals surface area contributed by atoms with Gasteiger partial charge in [-0.05, 0) is 35.5 Å². The van der Waals surface area contributed by atoms with Crippen LogP contribution in [-0.2, 0) is 4.79 Å². The van der Waals surface area contributed by atoms with Gasteiger partial charge in [0.05, 0.1) is 18.3 Å². The highest BCUT2D eigenvalue weighted by molar-refractivity contribution is 7.18. The quantitative estimate of drug-likeness (QED) is 0.243. The maximum Gasteiger partial charge on any atom is 0.345 e. The number of carbonyl (C=O) groups excluding carboxylic acids is 1. The normalized spacial score (nSPS) is 11.5. The molecule has 31 heavy (non-hydrogen) atoms. The summed E-state index contributed by atoms with van der Waals surface area (Å²) < 4.78 is 11.2. The van der Waals surface area contributed by atoms with Gasteiger partial charge < -0.3 is 9.15 Å². The van der Waals surface area contributed by atoms with E-state index < -0.39 is 10.8 Å². The van der Waals surface area contributed by atoms with Crippen LogP contribution in [0.15, 0.2) is 65.4 Å². The van der Waals surface area contributed by atoms with Crippen molar-refractivity contribution in [2.75, 3.05) is 12.4 Å². The van der Waals surface area contributed by atoms with Crippen molar-refractivity contribution in [2.24, 2.45) is 0 Å². The smallest absolute Gasteiger partial charge is 0.345 e. The number of nitrogens with zero attached hydrogens (tertiary/aromatic N) is 2. The summed E-state index contributed by atoms with van der Waals surface area (Å²) in [7, 11) is 1.55. The molecule has 0 fully saturated rings. The lowest BCUT2D eigenvalue weighted by molar-refractivity contribution is -0.380. The van der Waals surface area contributed by atoms with E-state index in [0.717, 1.165) is 39.6 Å². The van der Waals surface area contributed by atoms with Gasteiger partial charge in [0.1, 0.15) is 17.5 Å². The Labute approximate surface area is 180 Å². The zero-order chi connectivity index (χ0) is 22.0. The van der Waals surface area contributed by atoms with Gasteiger partial charge in [0.2, 0.25) is 5.91 Å². The van der Waals surface area contributed by atoms with E-state index in [4.69, 9.17) is 9.15 Å². The number of amides is 1. The number of nitrogens with one attached hydrogen (secondary N) is 1. The number of benzene rings is 2. The summed E-state index contributed by atoms with van der Waals surface area (Å²) in [6, 6.07) is 13.6. The standard InChI is InChI=1S/C22H17N3O5S/c1-13(8-20(26)24-22-23-11-21(31-22)25(27)28)15-9-16-17(14-6-4-3-5-7-14)12-30-19(16)10-18(15)29-2/h3-12H,1-2H3,(H,23,24,26)/b13-8+. The lowest BCUT2D eigenvalue weighted by Crippen LogP contribution is -2.08. The zero-order valence-corrected chi connectivity index (χ0v) is 17.4. The van der Waals surface area contributed by atoms with Crippen LogP contribution >= 0.6 is 11.3 Å². The molecule has 1 amide bonds. The predicted octanol–water partition coefficient (Wildman–Crippen LogP) is 5.52. The van der Waals surface area contributed by atoms with Crippen LogP contribution in [0.3, 0.4) is 0 Å². The number of anilines is 1. The summed E-state index contributed by atoms with van der Waals surface area (Å²) in [5.41, 5.74) is 4.01. The molecule has 0 aliphatic rings. The first-order chi connectivity index (χ1) is 15.0. The van der Waals surface area contributed by atoms with Gasteiger partial charge in [-0.1, -0.05) is 30.3 Å². The molecule has 0 bridgehead atoms. The third-order valence-electron chi connectivity index (χ3n) is 4.66. The summed E-state index contributed by atoms with van der Waals surface area (Å²) in [4.78, 5) is 26.5. The molecule has 9 heteroatoms. The van der Waals surface area contributed by atoms with Crippen molar-refractivity contribution >= 4 is 43.9 Å². The highest BCUT2D eigenvalue weighted by Gasteiger charge is 2.16. The first kappa shape index (κ1) is 20.3. The SMILES string of the molecule is COc1cc2occ(-c3ccccc3)c2cc1/C(C)=C/C(=O)Nc1ncc([N+](=O)[O-])s1. The minimum Gasteiger partial charge on any atom is -0.496 e. The molecule has 0 radical (unpaired) electrons. The van der Waals surface area contributed by atoms with Crippen molar-refractivity contribution in [1.29, 1.82) is 0 Å². The predicted molar refractivity (Wildman–Crippen MR) is 119 cm³/mol. The number of thiazole rings is 1. The zero-order valence-electron chi connectivity index (χ0n) is 16.6. The van der Waals surface area contributed by atoms with Crippen molar-refractivity contribution in [3.8, 4) is 16.9 Å². The monoisotopic (exact) mass is 435 g/mol.